The van der Waals surface area contributed by atoms with Crippen LogP contribution >= 0.6 is 0 Å². The number of nitrogens with one attached hydrogen (secondary N) is 3. The van der Waals surface area contributed by atoms with E-state index >= 15 is 8.78 Å². The van der Waals surface area contributed by atoms with Gasteiger partial charge in [-0.1, -0.05) is 32.4 Å². The van der Waals surface area contributed by atoms with Gasteiger partial charge in [-0.05, 0) is 68.8 Å². The van der Waals surface area contributed by atoms with E-state index in [4.69, 9.17) is 4.74 Å². The Bertz CT molecular complexity index is 1440. The van der Waals surface area contributed by atoms with Crippen LogP contribution in [0.5, 0.6) is 0 Å². The lowest BCUT2D eigenvalue weighted by atomic mass is 9.95. The van der Waals surface area contributed by atoms with Crippen molar-refractivity contribution in [1.29, 1.82) is 0 Å². The van der Waals surface area contributed by atoms with Crippen LogP contribution < -0.4 is 16.2 Å². The summed E-state index contributed by atoms with van der Waals surface area (Å²) >= 11 is 0. The molecule has 0 aliphatic heterocycles. The standard InChI is InChI=1S/C29H33F2N3O5/c1-7-15(2)24(34-28(38)39-29(4,5)6)27(37)33-16(3)17-13-21(30)23(22(31)14-17)25(35)19-9-8-10-20-18(19)11-12-32-26(20)36/h8-16,24H,7H2,1-6H3,(H,32,36)(H,33,37)(H,34,38)/t15-,16?,24-/m0/s1. The summed E-state index contributed by atoms with van der Waals surface area (Å²) in [4.78, 5) is 53.1. The largest absolute Gasteiger partial charge is 0.444 e. The molecule has 3 aromatic rings. The van der Waals surface area contributed by atoms with Crippen LogP contribution in [0.25, 0.3) is 10.8 Å². The second-order valence-corrected chi connectivity index (χ2v) is 10.5. The molecule has 10 heteroatoms. The molecule has 0 fully saturated rings. The van der Waals surface area contributed by atoms with Crippen molar-refractivity contribution >= 4 is 28.6 Å². The van der Waals surface area contributed by atoms with Crippen LogP contribution in [0.3, 0.4) is 0 Å². The molecule has 2 aromatic carbocycles. The Hall–Kier alpha value is -4.08. The highest BCUT2D eigenvalue weighted by Crippen LogP contribution is 2.26. The van der Waals surface area contributed by atoms with Gasteiger partial charge in [0, 0.05) is 17.1 Å². The molecule has 208 valence electrons. The zero-order valence-corrected chi connectivity index (χ0v) is 22.8. The summed E-state index contributed by atoms with van der Waals surface area (Å²) in [6.07, 6.45) is 1.17. The number of benzene rings is 2. The first-order valence-electron chi connectivity index (χ1n) is 12.7. The van der Waals surface area contributed by atoms with E-state index in [0.717, 1.165) is 12.1 Å². The van der Waals surface area contributed by atoms with Crippen molar-refractivity contribution in [2.45, 2.75) is 65.6 Å². The molecule has 0 saturated heterocycles. The molecule has 39 heavy (non-hydrogen) atoms. The number of hydrogen-bond donors (Lipinski definition) is 3. The third-order valence-corrected chi connectivity index (χ3v) is 6.38. The van der Waals surface area contributed by atoms with Gasteiger partial charge in [-0.25, -0.2) is 13.6 Å². The number of alkyl carbamates (subject to hydrolysis) is 1. The lowest BCUT2D eigenvalue weighted by molar-refractivity contribution is -0.125. The number of carbonyl (C=O) groups is 3. The predicted molar refractivity (Wildman–Crippen MR) is 144 cm³/mol. The molecule has 0 aliphatic carbocycles. The zero-order chi connectivity index (χ0) is 29.1. The Balaban J connectivity index is 1.85. The number of ether oxygens (including phenoxy) is 1. The van der Waals surface area contributed by atoms with Crippen molar-refractivity contribution in [2.24, 2.45) is 5.92 Å². The van der Waals surface area contributed by atoms with Crippen LogP contribution in [0.15, 0.2) is 47.4 Å². The second kappa shape index (κ2) is 11.8. The van der Waals surface area contributed by atoms with Crippen molar-refractivity contribution < 1.29 is 27.9 Å². The van der Waals surface area contributed by atoms with Gasteiger partial charge in [0.15, 0.2) is 5.78 Å². The van der Waals surface area contributed by atoms with Gasteiger partial charge >= 0.3 is 6.09 Å². The lowest BCUT2D eigenvalue weighted by Crippen LogP contribution is -2.51. The summed E-state index contributed by atoms with van der Waals surface area (Å²) in [6, 6.07) is 6.03. The Kier molecular flexibility index (Phi) is 8.88. The van der Waals surface area contributed by atoms with Crippen molar-refractivity contribution in [3.8, 4) is 0 Å². The minimum Gasteiger partial charge on any atom is -0.444 e. The SMILES string of the molecule is CC[C@H](C)[C@H](NC(=O)OC(C)(C)C)C(=O)NC(C)c1cc(F)c(C(=O)c2cccc3c(=O)[nH]ccc23)c(F)c1. The zero-order valence-electron chi connectivity index (χ0n) is 22.8. The van der Waals surface area contributed by atoms with Crippen LogP contribution in [-0.4, -0.2) is 34.4 Å². The van der Waals surface area contributed by atoms with E-state index in [-0.39, 0.29) is 27.8 Å². The summed E-state index contributed by atoms with van der Waals surface area (Å²) in [5.74, 6) is -3.94. The maximum atomic E-state index is 15.2. The number of hydrogen-bond acceptors (Lipinski definition) is 5. The van der Waals surface area contributed by atoms with E-state index in [9.17, 15) is 19.2 Å². The van der Waals surface area contributed by atoms with Crippen LogP contribution in [0.4, 0.5) is 13.6 Å². The first kappa shape index (κ1) is 29.5. The van der Waals surface area contributed by atoms with Gasteiger partial charge in [-0.15, -0.1) is 0 Å². The molecule has 3 N–H and O–H groups in total. The highest BCUT2D eigenvalue weighted by atomic mass is 19.1. The first-order valence-corrected chi connectivity index (χ1v) is 12.7. The van der Waals surface area contributed by atoms with Crippen molar-refractivity contribution in [3.63, 3.8) is 0 Å². The molecule has 1 heterocycles. The molecule has 0 bridgehead atoms. The molecular weight excluding hydrogens is 508 g/mol. The molecule has 1 aromatic heterocycles. The van der Waals surface area contributed by atoms with Crippen LogP contribution in [0.1, 0.15) is 75.5 Å². The van der Waals surface area contributed by atoms with E-state index in [1.807, 2.05) is 6.92 Å². The quantitative estimate of drug-likeness (QED) is 0.341. The van der Waals surface area contributed by atoms with Crippen LogP contribution in [-0.2, 0) is 9.53 Å². The van der Waals surface area contributed by atoms with E-state index in [1.54, 1.807) is 27.7 Å². The molecule has 1 unspecified atom stereocenters. The van der Waals surface area contributed by atoms with Crippen molar-refractivity contribution in [2.75, 3.05) is 0 Å². The fourth-order valence-corrected chi connectivity index (χ4v) is 4.14. The number of H-pyrrole nitrogens is 1. The molecule has 3 atom stereocenters. The Morgan fingerprint density at radius 1 is 1.00 bits per heavy atom. The normalized spacial score (nSPS) is 13.8. The Morgan fingerprint density at radius 3 is 2.23 bits per heavy atom. The maximum Gasteiger partial charge on any atom is 0.408 e. The molecular formula is C29H33F2N3O5. The molecule has 2 amide bonds. The summed E-state index contributed by atoms with van der Waals surface area (Å²) in [5, 5.41) is 5.74. The topological polar surface area (TPSA) is 117 Å². The number of amides is 2. The number of halogens is 2. The van der Waals surface area contributed by atoms with E-state index in [2.05, 4.69) is 15.6 Å². The number of carbonyl (C=O) groups excluding carboxylic acids is 3. The summed E-state index contributed by atoms with van der Waals surface area (Å²) < 4.78 is 35.6. The maximum absolute atomic E-state index is 15.2. The average molecular weight is 542 g/mol. The molecule has 0 saturated carbocycles. The summed E-state index contributed by atoms with van der Waals surface area (Å²) in [6.45, 7) is 10.3. The molecule has 0 spiro atoms. The number of rotatable bonds is 8. The third-order valence-electron chi connectivity index (χ3n) is 6.38. The van der Waals surface area contributed by atoms with Gasteiger partial charge in [0.2, 0.25) is 5.91 Å². The highest BCUT2D eigenvalue weighted by molar-refractivity contribution is 6.16. The first-order chi connectivity index (χ1) is 18.2. The second-order valence-electron chi connectivity index (χ2n) is 10.5. The summed E-state index contributed by atoms with van der Waals surface area (Å²) in [5.41, 5.74) is -1.89. The van der Waals surface area contributed by atoms with Gasteiger partial charge in [0.05, 0.1) is 11.6 Å². The number of pyridine rings is 1. The molecule has 0 radical (unpaired) electrons. The monoisotopic (exact) mass is 541 g/mol. The lowest BCUT2D eigenvalue weighted by Gasteiger charge is -2.27. The van der Waals surface area contributed by atoms with Crippen LogP contribution in [0.2, 0.25) is 0 Å². The van der Waals surface area contributed by atoms with Crippen molar-refractivity contribution in [3.05, 3.63) is 81.3 Å². The van der Waals surface area contributed by atoms with Gasteiger partial charge in [-0.3, -0.25) is 14.4 Å². The van der Waals surface area contributed by atoms with Gasteiger partial charge < -0.3 is 20.4 Å². The van der Waals surface area contributed by atoms with Gasteiger partial charge in [-0.2, -0.15) is 0 Å². The molecule has 0 aliphatic rings. The number of aromatic amines is 1. The predicted octanol–water partition coefficient (Wildman–Crippen LogP) is 5.15. The average Bonchev–Trinajstić information content (AvgIpc) is 2.85. The summed E-state index contributed by atoms with van der Waals surface area (Å²) in [7, 11) is 0. The number of fused-ring (bicyclic) bond motifs is 1. The Morgan fingerprint density at radius 2 is 1.64 bits per heavy atom. The molecule has 3 rings (SSSR count). The van der Waals surface area contributed by atoms with Gasteiger partial charge in [0.25, 0.3) is 5.56 Å². The van der Waals surface area contributed by atoms with E-state index < -0.39 is 58.2 Å². The van der Waals surface area contributed by atoms with E-state index in [0.29, 0.717) is 6.42 Å². The minimum absolute atomic E-state index is 0.0184. The number of ketones is 1. The smallest absolute Gasteiger partial charge is 0.408 e. The van der Waals surface area contributed by atoms with Crippen LogP contribution in [0, 0.1) is 17.6 Å². The van der Waals surface area contributed by atoms with E-state index in [1.165, 1.54) is 37.4 Å². The fourth-order valence-electron chi connectivity index (χ4n) is 4.14. The van der Waals surface area contributed by atoms with Gasteiger partial charge in [0.1, 0.15) is 23.3 Å². The highest BCUT2D eigenvalue weighted by Gasteiger charge is 2.30. The molecule has 8 nitrogen and oxygen atoms in total. The fraction of sp³-hybridized carbons (Fsp3) is 0.379. The van der Waals surface area contributed by atoms with Crippen molar-refractivity contribution in [1.82, 2.24) is 15.6 Å². The Labute approximate surface area is 225 Å². The third kappa shape index (κ3) is 6.87. The minimum atomic E-state index is -1.11. The number of aromatic nitrogens is 1.